The van der Waals surface area contributed by atoms with Gasteiger partial charge in [0.25, 0.3) is 10.0 Å². The molecule has 0 bridgehead atoms. The highest BCUT2D eigenvalue weighted by Crippen LogP contribution is 2.33. The number of anilines is 1. The van der Waals surface area contributed by atoms with Gasteiger partial charge in [0.1, 0.15) is 17.1 Å². The first kappa shape index (κ1) is 17.0. The van der Waals surface area contributed by atoms with E-state index in [0.29, 0.717) is 18.0 Å². The minimum Gasteiger partial charge on any atom is -0.494 e. The Hall–Kier alpha value is -2.47. The molecule has 3 aromatic rings. The summed E-state index contributed by atoms with van der Waals surface area (Å²) in [5, 5.41) is 1.01. The number of aryl methyl sites for hydroxylation is 2. The lowest BCUT2D eigenvalue weighted by Gasteiger charge is -2.10. The molecule has 1 heterocycles. The van der Waals surface area contributed by atoms with Crippen LogP contribution in [0, 0.1) is 0 Å². The van der Waals surface area contributed by atoms with Crippen molar-refractivity contribution in [2.45, 2.75) is 37.5 Å². The Bertz CT molecular complexity index is 1040. The van der Waals surface area contributed by atoms with Crippen LogP contribution < -0.4 is 9.46 Å². The van der Waals surface area contributed by atoms with Gasteiger partial charge in [-0.25, -0.2) is 8.42 Å². The summed E-state index contributed by atoms with van der Waals surface area (Å²) in [6.07, 6.45) is 4.22. The zero-order chi connectivity index (χ0) is 18.1. The molecule has 0 spiro atoms. The van der Waals surface area contributed by atoms with Crippen LogP contribution in [0.2, 0.25) is 0 Å². The predicted octanol–water partition coefficient (Wildman–Crippen LogP) is 4.51. The normalized spacial score (nSPS) is 14.2. The van der Waals surface area contributed by atoms with Gasteiger partial charge in [-0.15, -0.1) is 0 Å². The van der Waals surface area contributed by atoms with Crippen molar-refractivity contribution in [3.63, 3.8) is 0 Å². The number of benzene rings is 2. The monoisotopic (exact) mass is 371 g/mol. The minimum absolute atomic E-state index is 0.204. The molecule has 1 N–H and O–H groups in total. The second-order valence-corrected chi connectivity index (χ2v) is 8.11. The number of ether oxygens (including phenoxy) is 1. The molecule has 0 amide bonds. The molecule has 0 radical (unpaired) electrons. The Balaban J connectivity index is 1.63. The van der Waals surface area contributed by atoms with Gasteiger partial charge in [0.15, 0.2) is 0 Å². The summed E-state index contributed by atoms with van der Waals surface area (Å²) in [5.41, 5.74) is 2.58. The summed E-state index contributed by atoms with van der Waals surface area (Å²) in [6, 6.07) is 11.9. The molecule has 2 aromatic carbocycles. The lowest BCUT2D eigenvalue weighted by atomic mass is 9.96. The number of hydrogen-bond donors (Lipinski definition) is 1. The molecule has 136 valence electrons. The van der Waals surface area contributed by atoms with Gasteiger partial charge in [-0.1, -0.05) is 0 Å². The van der Waals surface area contributed by atoms with E-state index >= 15 is 0 Å². The Labute approximate surface area is 153 Å². The highest BCUT2D eigenvalue weighted by atomic mass is 32.2. The van der Waals surface area contributed by atoms with E-state index in [9.17, 15) is 8.42 Å². The van der Waals surface area contributed by atoms with Crippen LogP contribution in [0.3, 0.4) is 0 Å². The van der Waals surface area contributed by atoms with Crippen molar-refractivity contribution in [2.24, 2.45) is 0 Å². The van der Waals surface area contributed by atoms with Crippen LogP contribution in [0.4, 0.5) is 5.69 Å². The smallest absolute Gasteiger partial charge is 0.261 e. The Morgan fingerprint density at radius 1 is 1.08 bits per heavy atom. The molecule has 0 saturated heterocycles. The fourth-order valence-corrected chi connectivity index (χ4v) is 4.47. The molecule has 0 fully saturated rings. The number of nitrogens with one attached hydrogen (secondary N) is 1. The van der Waals surface area contributed by atoms with Crippen LogP contribution in [0.5, 0.6) is 5.75 Å². The maximum absolute atomic E-state index is 12.7. The number of furan rings is 1. The molecule has 5 nitrogen and oxygen atoms in total. The van der Waals surface area contributed by atoms with Crippen molar-refractivity contribution in [2.75, 3.05) is 11.3 Å². The number of sulfonamides is 1. The van der Waals surface area contributed by atoms with E-state index in [1.165, 1.54) is 5.56 Å². The third-order valence-corrected chi connectivity index (χ3v) is 6.05. The van der Waals surface area contributed by atoms with E-state index in [1.807, 2.05) is 19.1 Å². The summed E-state index contributed by atoms with van der Waals surface area (Å²) in [6.45, 7) is 2.43. The van der Waals surface area contributed by atoms with Gasteiger partial charge in [-0.05, 0) is 68.7 Å². The molecule has 0 aliphatic heterocycles. The van der Waals surface area contributed by atoms with Crippen LogP contribution in [0.1, 0.15) is 31.1 Å². The zero-order valence-corrected chi connectivity index (χ0v) is 15.4. The number of fused-ring (bicyclic) bond motifs is 3. The zero-order valence-electron chi connectivity index (χ0n) is 14.6. The van der Waals surface area contributed by atoms with E-state index < -0.39 is 10.0 Å². The van der Waals surface area contributed by atoms with E-state index in [4.69, 9.17) is 9.15 Å². The van der Waals surface area contributed by atoms with E-state index in [-0.39, 0.29) is 4.90 Å². The molecule has 26 heavy (non-hydrogen) atoms. The van der Waals surface area contributed by atoms with Crippen LogP contribution in [-0.2, 0) is 22.9 Å². The van der Waals surface area contributed by atoms with Crippen LogP contribution in [-0.4, -0.2) is 15.0 Å². The standard InChI is InChI=1S/C20H21NO4S/c1-2-24-15-8-10-16(11-9-15)26(22,23)21-14-7-12-20-18(13-14)17-5-3-4-6-19(17)25-20/h7-13,21H,2-6H2,1H3. The van der Waals surface area contributed by atoms with Crippen LogP contribution in [0.15, 0.2) is 51.8 Å². The summed E-state index contributed by atoms with van der Waals surface area (Å²) >= 11 is 0. The maximum Gasteiger partial charge on any atom is 0.261 e. The third-order valence-electron chi connectivity index (χ3n) is 4.65. The SMILES string of the molecule is CCOc1ccc(S(=O)(=O)Nc2ccc3oc4c(c3c2)CCCC4)cc1. The van der Waals surface area contributed by atoms with Gasteiger partial charge in [0, 0.05) is 23.1 Å². The van der Waals surface area contributed by atoms with Crippen LogP contribution >= 0.6 is 0 Å². The quantitative estimate of drug-likeness (QED) is 0.716. The third kappa shape index (κ3) is 3.17. The van der Waals surface area contributed by atoms with Gasteiger partial charge in [-0.3, -0.25) is 4.72 Å². The Kier molecular flexibility index (Phi) is 4.36. The maximum atomic E-state index is 12.7. The Morgan fingerprint density at radius 3 is 2.62 bits per heavy atom. The van der Waals surface area contributed by atoms with Crippen molar-refractivity contribution in [3.8, 4) is 5.75 Å². The molecule has 0 unspecified atom stereocenters. The molecular weight excluding hydrogens is 350 g/mol. The molecule has 1 aliphatic carbocycles. The minimum atomic E-state index is -3.65. The predicted molar refractivity (Wildman–Crippen MR) is 101 cm³/mol. The average molecular weight is 371 g/mol. The summed E-state index contributed by atoms with van der Waals surface area (Å²) in [7, 11) is -3.65. The second kappa shape index (κ2) is 6.68. The number of rotatable bonds is 5. The van der Waals surface area contributed by atoms with Gasteiger partial charge in [0.05, 0.1) is 11.5 Å². The average Bonchev–Trinajstić information content (AvgIpc) is 3.00. The molecule has 0 saturated carbocycles. The number of hydrogen-bond acceptors (Lipinski definition) is 4. The first-order valence-electron chi connectivity index (χ1n) is 8.87. The van der Waals surface area contributed by atoms with Gasteiger partial charge in [-0.2, -0.15) is 0 Å². The molecular formula is C20H21NO4S. The molecule has 4 rings (SSSR count). The summed E-state index contributed by atoms with van der Waals surface area (Å²) in [4.78, 5) is 0.204. The molecule has 1 aromatic heterocycles. The van der Waals surface area contributed by atoms with Crippen molar-refractivity contribution in [3.05, 3.63) is 53.8 Å². The summed E-state index contributed by atoms with van der Waals surface area (Å²) < 4.78 is 39.2. The van der Waals surface area contributed by atoms with E-state index in [1.54, 1.807) is 30.3 Å². The second-order valence-electron chi connectivity index (χ2n) is 6.43. The van der Waals surface area contributed by atoms with Crippen molar-refractivity contribution in [1.82, 2.24) is 0 Å². The fraction of sp³-hybridized carbons (Fsp3) is 0.300. The molecule has 0 atom stereocenters. The highest BCUT2D eigenvalue weighted by Gasteiger charge is 2.19. The Morgan fingerprint density at radius 2 is 1.85 bits per heavy atom. The van der Waals surface area contributed by atoms with Crippen molar-refractivity contribution >= 4 is 26.7 Å². The van der Waals surface area contributed by atoms with Crippen LogP contribution in [0.25, 0.3) is 11.0 Å². The largest absolute Gasteiger partial charge is 0.494 e. The first-order chi connectivity index (χ1) is 12.6. The lowest BCUT2D eigenvalue weighted by molar-refractivity contribution is 0.340. The highest BCUT2D eigenvalue weighted by molar-refractivity contribution is 7.92. The van der Waals surface area contributed by atoms with Gasteiger partial charge in [0.2, 0.25) is 0 Å². The van der Waals surface area contributed by atoms with Crippen molar-refractivity contribution < 1.29 is 17.6 Å². The molecule has 1 aliphatic rings. The van der Waals surface area contributed by atoms with E-state index in [2.05, 4.69) is 4.72 Å². The first-order valence-corrected chi connectivity index (χ1v) is 10.3. The van der Waals surface area contributed by atoms with E-state index in [0.717, 1.165) is 42.4 Å². The topological polar surface area (TPSA) is 68.5 Å². The van der Waals surface area contributed by atoms with Gasteiger partial charge >= 0.3 is 0 Å². The van der Waals surface area contributed by atoms with Gasteiger partial charge < -0.3 is 9.15 Å². The molecule has 6 heteroatoms. The van der Waals surface area contributed by atoms with Crippen molar-refractivity contribution in [1.29, 1.82) is 0 Å². The fourth-order valence-electron chi connectivity index (χ4n) is 3.42. The summed E-state index contributed by atoms with van der Waals surface area (Å²) in [5.74, 6) is 1.69. The lowest BCUT2D eigenvalue weighted by Crippen LogP contribution is -2.12.